The molecule has 0 amide bonds. The van der Waals surface area contributed by atoms with Crippen molar-refractivity contribution in [3.63, 3.8) is 0 Å². The number of furan rings is 1. The summed E-state index contributed by atoms with van der Waals surface area (Å²) in [4.78, 5) is 11.2. The summed E-state index contributed by atoms with van der Waals surface area (Å²) < 4.78 is 6.69. The number of fused-ring (bicyclic) bond motifs is 12. The summed E-state index contributed by atoms with van der Waals surface area (Å²) in [6.07, 6.45) is 0. The number of hydrogen-bond donors (Lipinski definition) is 0. The molecule has 2 aromatic heterocycles. The zero-order valence-electron chi connectivity index (χ0n) is 36.1. The van der Waals surface area contributed by atoms with Crippen LogP contribution in [0.15, 0.2) is 223 Å². The largest absolute Gasteiger partial charge is 0.455 e. The Morgan fingerprint density at radius 2 is 0.846 bits per heavy atom. The zero-order chi connectivity index (χ0) is 43.3. The first kappa shape index (κ1) is 37.4. The van der Waals surface area contributed by atoms with Crippen LogP contribution < -0.4 is 0 Å². The lowest BCUT2D eigenvalue weighted by Gasteiger charge is -2.46. The molecule has 2 heterocycles. The minimum Gasteiger partial charge on any atom is -0.455 e. The maximum Gasteiger partial charge on any atom is 0.161 e. The van der Waals surface area contributed by atoms with Crippen molar-refractivity contribution in [3.05, 3.63) is 252 Å². The van der Waals surface area contributed by atoms with Gasteiger partial charge in [-0.2, -0.15) is 0 Å². The van der Waals surface area contributed by atoms with Crippen molar-refractivity contribution in [1.82, 2.24) is 9.97 Å². The monoisotopic (exact) mass is 830 g/mol. The Bertz CT molecular complexity index is 3640. The first-order chi connectivity index (χ1) is 32.0. The smallest absolute Gasteiger partial charge is 0.161 e. The van der Waals surface area contributed by atoms with Gasteiger partial charge in [-0.1, -0.05) is 214 Å². The molecule has 306 valence electrons. The van der Waals surface area contributed by atoms with E-state index in [1.807, 2.05) is 12.1 Å². The fourth-order valence-electron chi connectivity index (χ4n) is 11.3. The average Bonchev–Trinajstić information content (AvgIpc) is 3.90. The van der Waals surface area contributed by atoms with Gasteiger partial charge in [0.05, 0.1) is 16.8 Å². The van der Waals surface area contributed by atoms with Crippen LogP contribution in [0.25, 0.3) is 89.2 Å². The van der Waals surface area contributed by atoms with Crippen molar-refractivity contribution >= 4 is 21.9 Å². The fourth-order valence-corrected chi connectivity index (χ4v) is 11.3. The van der Waals surface area contributed by atoms with E-state index in [0.717, 1.165) is 61.1 Å². The summed E-state index contributed by atoms with van der Waals surface area (Å²) in [5.74, 6) is 0.668. The molecule has 1 spiro atoms. The van der Waals surface area contributed by atoms with E-state index in [1.54, 1.807) is 0 Å². The molecular formula is C62H42N2O. The molecule has 9 aromatic carbocycles. The van der Waals surface area contributed by atoms with Crippen molar-refractivity contribution < 1.29 is 4.42 Å². The number of benzene rings is 9. The molecule has 11 aromatic rings. The summed E-state index contributed by atoms with van der Waals surface area (Å²) in [6.45, 7) is 4.74. The summed E-state index contributed by atoms with van der Waals surface area (Å²) in [7, 11) is 0. The van der Waals surface area contributed by atoms with Crippen molar-refractivity contribution in [1.29, 1.82) is 0 Å². The fraction of sp³-hybridized carbons (Fsp3) is 0.0645. The van der Waals surface area contributed by atoms with Crippen LogP contribution in [-0.4, -0.2) is 9.97 Å². The molecule has 0 unspecified atom stereocenters. The molecule has 2 aliphatic carbocycles. The van der Waals surface area contributed by atoms with E-state index in [1.165, 1.54) is 55.6 Å². The van der Waals surface area contributed by atoms with Crippen LogP contribution in [0.2, 0.25) is 0 Å². The minimum atomic E-state index is -0.538. The van der Waals surface area contributed by atoms with E-state index in [4.69, 9.17) is 14.4 Å². The Morgan fingerprint density at radius 3 is 1.58 bits per heavy atom. The van der Waals surface area contributed by atoms with E-state index in [0.29, 0.717) is 5.82 Å². The molecule has 0 fully saturated rings. The highest BCUT2D eigenvalue weighted by Crippen LogP contribution is 2.63. The highest BCUT2D eigenvalue weighted by atomic mass is 16.3. The predicted octanol–water partition coefficient (Wildman–Crippen LogP) is 15.7. The number of hydrogen-bond acceptors (Lipinski definition) is 3. The standard InChI is InChI=1S/C62H42N2O/c1-61(2)50-28-11-13-30-52(50)62(53-31-14-12-29-51(53)61)49-27-10-8-23-46(49)58-48(26-17-32-54(58)62)60-63-55(38-56(64-60)47-25-16-24-45-44-22-9-15-33-57(44)65-59(45)47)43-21-7-6-20-42(43)41-36-34-40(35-37-41)39-18-4-3-5-19-39/h3-38H,1-2H3. The van der Waals surface area contributed by atoms with Gasteiger partial charge in [0.2, 0.25) is 0 Å². The van der Waals surface area contributed by atoms with E-state index in [-0.39, 0.29) is 5.41 Å². The van der Waals surface area contributed by atoms with Gasteiger partial charge in [-0.3, -0.25) is 0 Å². The van der Waals surface area contributed by atoms with Crippen LogP contribution in [0, 0.1) is 0 Å². The minimum absolute atomic E-state index is 0.187. The van der Waals surface area contributed by atoms with Gasteiger partial charge < -0.3 is 4.42 Å². The molecule has 0 bridgehead atoms. The third kappa shape index (κ3) is 5.42. The summed E-state index contributed by atoms with van der Waals surface area (Å²) in [6, 6.07) is 78.8. The third-order valence-corrected chi connectivity index (χ3v) is 14.2. The van der Waals surface area contributed by atoms with Gasteiger partial charge in [-0.15, -0.1) is 0 Å². The van der Waals surface area contributed by atoms with Crippen molar-refractivity contribution in [3.8, 4) is 67.3 Å². The maximum atomic E-state index is 6.69. The number of para-hydroxylation sites is 2. The molecule has 3 heteroatoms. The van der Waals surface area contributed by atoms with E-state index in [2.05, 4.69) is 220 Å². The zero-order valence-corrected chi connectivity index (χ0v) is 36.1. The number of nitrogens with zero attached hydrogens (tertiary/aromatic N) is 2. The van der Waals surface area contributed by atoms with Gasteiger partial charge in [0.25, 0.3) is 0 Å². The van der Waals surface area contributed by atoms with Crippen LogP contribution in [0.1, 0.15) is 47.2 Å². The normalized spacial score (nSPS) is 13.9. The van der Waals surface area contributed by atoms with Gasteiger partial charge >= 0.3 is 0 Å². The summed E-state index contributed by atoms with van der Waals surface area (Å²) in [5, 5.41) is 2.15. The highest BCUT2D eigenvalue weighted by Gasteiger charge is 2.53. The molecule has 0 atom stereocenters. The van der Waals surface area contributed by atoms with Crippen LogP contribution in [-0.2, 0) is 10.8 Å². The molecule has 0 saturated heterocycles. The molecule has 0 aliphatic heterocycles. The van der Waals surface area contributed by atoms with E-state index < -0.39 is 5.41 Å². The van der Waals surface area contributed by atoms with Crippen LogP contribution >= 0.6 is 0 Å². The second-order valence-electron chi connectivity index (χ2n) is 18.0. The average molecular weight is 831 g/mol. The lowest BCUT2D eigenvalue weighted by atomic mass is 9.55. The second kappa shape index (κ2) is 14.2. The van der Waals surface area contributed by atoms with Crippen molar-refractivity contribution in [2.24, 2.45) is 0 Å². The summed E-state index contributed by atoms with van der Waals surface area (Å²) in [5.41, 5.74) is 20.4. The van der Waals surface area contributed by atoms with E-state index in [9.17, 15) is 0 Å². The lowest BCUT2D eigenvalue weighted by Crippen LogP contribution is -2.40. The maximum absolute atomic E-state index is 6.69. The molecule has 3 nitrogen and oxygen atoms in total. The lowest BCUT2D eigenvalue weighted by molar-refractivity contribution is 0.563. The predicted molar refractivity (Wildman–Crippen MR) is 266 cm³/mol. The topological polar surface area (TPSA) is 38.9 Å². The van der Waals surface area contributed by atoms with Gasteiger partial charge in [0.1, 0.15) is 11.2 Å². The Morgan fingerprint density at radius 1 is 0.354 bits per heavy atom. The van der Waals surface area contributed by atoms with E-state index >= 15 is 0 Å². The Balaban J connectivity index is 1.08. The first-order valence-electron chi connectivity index (χ1n) is 22.5. The molecular weight excluding hydrogens is 789 g/mol. The van der Waals surface area contributed by atoms with Gasteiger partial charge in [0.15, 0.2) is 5.82 Å². The molecule has 13 rings (SSSR count). The molecule has 65 heavy (non-hydrogen) atoms. The van der Waals surface area contributed by atoms with Crippen molar-refractivity contribution in [2.75, 3.05) is 0 Å². The molecule has 0 N–H and O–H groups in total. The molecule has 2 aliphatic rings. The Kier molecular flexibility index (Phi) is 8.17. The van der Waals surface area contributed by atoms with Gasteiger partial charge in [-0.05, 0) is 85.0 Å². The number of aromatic nitrogens is 2. The van der Waals surface area contributed by atoms with Crippen LogP contribution in [0.4, 0.5) is 0 Å². The van der Waals surface area contributed by atoms with Crippen LogP contribution in [0.5, 0.6) is 0 Å². The third-order valence-electron chi connectivity index (χ3n) is 14.2. The SMILES string of the molecule is CC1(C)c2ccccc2C2(c3ccccc3-c3c(-c4nc(-c5ccccc5-c5ccc(-c6ccccc6)cc5)cc(-c5cccc6c5oc5ccccc56)n4)cccc32)c2ccccc21. The second-order valence-corrected chi connectivity index (χ2v) is 18.0. The summed E-state index contributed by atoms with van der Waals surface area (Å²) >= 11 is 0. The number of rotatable bonds is 5. The van der Waals surface area contributed by atoms with Gasteiger partial charge in [0, 0.05) is 32.9 Å². The Labute approximate surface area is 378 Å². The van der Waals surface area contributed by atoms with Crippen LogP contribution in [0.3, 0.4) is 0 Å². The molecule has 0 saturated carbocycles. The quantitative estimate of drug-likeness (QED) is 0.173. The molecule has 0 radical (unpaired) electrons. The first-order valence-corrected chi connectivity index (χ1v) is 22.5. The highest BCUT2D eigenvalue weighted by molar-refractivity contribution is 6.09. The van der Waals surface area contributed by atoms with Crippen molar-refractivity contribution in [2.45, 2.75) is 24.7 Å². The Hall–Kier alpha value is -8.14. The van der Waals surface area contributed by atoms with Gasteiger partial charge in [-0.25, -0.2) is 9.97 Å².